The zero-order valence-electron chi connectivity index (χ0n) is 22.6. The topological polar surface area (TPSA) is 59.5 Å². The number of aromatic nitrogens is 1. The summed E-state index contributed by atoms with van der Waals surface area (Å²) < 4.78 is 11.4. The highest BCUT2D eigenvalue weighted by atomic mass is 16.5. The standard InChI is InChI=1S/C31H38N2O3/c1-19(2)8-11-24(27-12-9-20(3)14-28(27)33(6)7)17-26(34)16-23-10-13-29-25(15-23)18-30(35-29)31-21(4)32-36-22(31)5/h9-10,12-15,18-19,24H,8,11,16-17H2,1-7H3. The Morgan fingerprint density at radius 3 is 2.44 bits per heavy atom. The molecule has 5 heteroatoms. The van der Waals surface area contributed by atoms with E-state index in [9.17, 15) is 4.79 Å². The molecule has 2 aromatic heterocycles. The van der Waals surface area contributed by atoms with Gasteiger partial charge in [-0.25, -0.2) is 0 Å². The maximum absolute atomic E-state index is 13.3. The van der Waals surface area contributed by atoms with E-state index in [2.05, 4.69) is 69.2 Å². The molecule has 0 amide bonds. The molecule has 5 nitrogen and oxygen atoms in total. The summed E-state index contributed by atoms with van der Waals surface area (Å²) in [6.45, 7) is 10.4. The lowest BCUT2D eigenvalue weighted by Gasteiger charge is -2.25. The van der Waals surface area contributed by atoms with Gasteiger partial charge >= 0.3 is 0 Å². The van der Waals surface area contributed by atoms with Crippen molar-refractivity contribution in [2.75, 3.05) is 19.0 Å². The normalized spacial score (nSPS) is 12.4. The molecule has 4 aromatic rings. The van der Waals surface area contributed by atoms with Crippen LogP contribution in [0.1, 0.15) is 67.2 Å². The molecular weight excluding hydrogens is 448 g/mol. The van der Waals surface area contributed by atoms with E-state index < -0.39 is 0 Å². The first-order valence-corrected chi connectivity index (χ1v) is 12.9. The summed E-state index contributed by atoms with van der Waals surface area (Å²) in [7, 11) is 4.16. The Labute approximate surface area is 214 Å². The van der Waals surface area contributed by atoms with Gasteiger partial charge < -0.3 is 13.8 Å². The summed E-state index contributed by atoms with van der Waals surface area (Å²) in [5.74, 6) is 2.56. The number of furan rings is 1. The molecule has 36 heavy (non-hydrogen) atoms. The number of hydrogen-bond acceptors (Lipinski definition) is 5. The molecule has 1 unspecified atom stereocenters. The number of ketones is 1. The average molecular weight is 487 g/mol. The van der Waals surface area contributed by atoms with Crippen molar-refractivity contribution < 1.29 is 13.7 Å². The Balaban J connectivity index is 1.55. The van der Waals surface area contributed by atoms with Crippen molar-refractivity contribution in [3.8, 4) is 11.3 Å². The average Bonchev–Trinajstić information content (AvgIpc) is 3.37. The predicted molar refractivity (Wildman–Crippen MR) is 147 cm³/mol. The number of fused-ring (bicyclic) bond motifs is 1. The van der Waals surface area contributed by atoms with Crippen molar-refractivity contribution in [3.05, 3.63) is 70.6 Å². The first-order valence-electron chi connectivity index (χ1n) is 12.9. The fraction of sp³-hybridized carbons (Fsp3) is 0.419. The minimum absolute atomic E-state index is 0.210. The van der Waals surface area contributed by atoms with E-state index in [0.717, 1.165) is 52.2 Å². The van der Waals surface area contributed by atoms with Crippen LogP contribution in [0.4, 0.5) is 5.69 Å². The van der Waals surface area contributed by atoms with Crippen molar-refractivity contribution in [2.45, 2.75) is 66.2 Å². The molecule has 0 aliphatic carbocycles. The Kier molecular flexibility index (Phi) is 7.67. The highest BCUT2D eigenvalue weighted by Gasteiger charge is 2.21. The summed E-state index contributed by atoms with van der Waals surface area (Å²) >= 11 is 0. The predicted octanol–water partition coefficient (Wildman–Crippen LogP) is 7.80. The van der Waals surface area contributed by atoms with Crippen molar-refractivity contribution in [3.63, 3.8) is 0 Å². The molecule has 0 saturated carbocycles. The molecular formula is C31H38N2O3. The van der Waals surface area contributed by atoms with Crippen LogP contribution in [-0.4, -0.2) is 25.0 Å². The monoisotopic (exact) mass is 486 g/mol. The second-order valence-corrected chi connectivity index (χ2v) is 10.7. The van der Waals surface area contributed by atoms with Crippen LogP contribution in [0.3, 0.4) is 0 Å². The van der Waals surface area contributed by atoms with E-state index in [1.807, 2.05) is 32.0 Å². The van der Waals surface area contributed by atoms with Gasteiger partial charge in [0.25, 0.3) is 0 Å². The Morgan fingerprint density at radius 1 is 1.00 bits per heavy atom. The van der Waals surface area contributed by atoms with Gasteiger partial charge in [-0.1, -0.05) is 43.6 Å². The van der Waals surface area contributed by atoms with Gasteiger partial charge in [0.15, 0.2) is 0 Å². The lowest BCUT2D eigenvalue weighted by molar-refractivity contribution is -0.118. The Bertz CT molecular complexity index is 1340. The molecule has 2 aromatic carbocycles. The fourth-order valence-corrected chi connectivity index (χ4v) is 5.02. The van der Waals surface area contributed by atoms with E-state index in [-0.39, 0.29) is 11.7 Å². The molecule has 0 N–H and O–H groups in total. The zero-order chi connectivity index (χ0) is 26.0. The summed E-state index contributed by atoms with van der Waals surface area (Å²) in [5, 5.41) is 5.02. The molecule has 0 spiro atoms. The van der Waals surface area contributed by atoms with Crippen molar-refractivity contribution >= 4 is 22.4 Å². The highest BCUT2D eigenvalue weighted by molar-refractivity contribution is 5.87. The Morgan fingerprint density at radius 2 is 1.78 bits per heavy atom. The van der Waals surface area contributed by atoms with Gasteiger partial charge in [-0.2, -0.15) is 0 Å². The lowest BCUT2D eigenvalue weighted by atomic mass is 9.85. The molecule has 0 radical (unpaired) electrons. The fourth-order valence-electron chi connectivity index (χ4n) is 5.02. The number of hydrogen-bond donors (Lipinski definition) is 0. The smallest absolute Gasteiger partial charge is 0.144 e. The van der Waals surface area contributed by atoms with E-state index in [1.165, 1.54) is 16.8 Å². The van der Waals surface area contributed by atoms with Crippen LogP contribution in [0.15, 0.2) is 51.4 Å². The molecule has 0 saturated heterocycles. The number of carbonyl (C=O) groups is 1. The van der Waals surface area contributed by atoms with E-state index >= 15 is 0 Å². The van der Waals surface area contributed by atoms with Gasteiger partial charge in [0.1, 0.15) is 22.9 Å². The van der Waals surface area contributed by atoms with Gasteiger partial charge in [0, 0.05) is 38.0 Å². The quantitative estimate of drug-likeness (QED) is 0.229. The first kappa shape index (κ1) is 25.7. The number of carbonyl (C=O) groups excluding carboxylic acids is 1. The molecule has 4 rings (SSSR count). The molecule has 0 bridgehead atoms. The van der Waals surface area contributed by atoms with Crippen LogP contribution in [0, 0.1) is 26.7 Å². The summed E-state index contributed by atoms with van der Waals surface area (Å²) in [5.41, 5.74) is 7.23. The molecule has 0 aliphatic heterocycles. The number of nitrogens with zero attached hydrogens (tertiary/aromatic N) is 2. The van der Waals surface area contributed by atoms with Gasteiger partial charge in [0.2, 0.25) is 0 Å². The molecule has 1 atom stereocenters. The number of benzene rings is 2. The maximum atomic E-state index is 13.3. The van der Waals surface area contributed by atoms with Crippen LogP contribution in [-0.2, 0) is 11.2 Å². The van der Waals surface area contributed by atoms with E-state index in [0.29, 0.717) is 18.8 Å². The number of Topliss-reactive ketones (excluding diaryl/α,β-unsaturated/α-hetero) is 1. The van der Waals surface area contributed by atoms with Crippen molar-refractivity contribution in [1.29, 1.82) is 0 Å². The van der Waals surface area contributed by atoms with Crippen molar-refractivity contribution in [1.82, 2.24) is 5.16 Å². The Hall–Kier alpha value is -3.34. The lowest BCUT2D eigenvalue weighted by Crippen LogP contribution is -2.16. The minimum atomic E-state index is 0.210. The summed E-state index contributed by atoms with van der Waals surface area (Å²) in [6.07, 6.45) is 3.08. The molecule has 190 valence electrons. The van der Waals surface area contributed by atoms with Crippen LogP contribution < -0.4 is 4.90 Å². The highest BCUT2D eigenvalue weighted by Crippen LogP contribution is 2.35. The van der Waals surface area contributed by atoms with Crippen LogP contribution in [0.5, 0.6) is 0 Å². The second-order valence-electron chi connectivity index (χ2n) is 10.7. The van der Waals surface area contributed by atoms with Crippen molar-refractivity contribution in [2.24, 2.45) is 5.92 Å². The van der Waals surface area contributed by atoms with Gasteiger partial charge in [-0.3, -0.25) is 4.79 Å². The van der Waals surface area contributed by atoms with Gasteiger partial charge in [-0.15, -0.1) is 0 Å². The summed E-state index contributed by atoms with van der Waals surface area (Å²) in [4.78, 5) is 15.5. The maximum Gasteiger partial charge on any atom is 0.144 e. The molecule has 2 heterocycles. The van der Waals surface area contributed by atoms with Gasteiger partial charge in [0.05, 0.1) is 11.3 Å². The van der Waals surface area contributed by atoms with Gasteiger partial charge in [-0.05, 0) is 80.0 Å². The SMILES string of the molecule is Cc1ccc(C(CCC(C)C)CC(=O)Cc2ccc3oc(-c4c(C)noc4C)cc3c2)c(N(C)C)c1. The second kappa shape index (κ2) is 10.7. The number of rotatable bonds is 10. The van der Waals surface area contributed by atoms with Crippen LogP contribution in [0.25, 0.3) is 22.3 Å². The number of anilines is 1. The zero-order valence-corrected chi connectivity index (χ0v) is 22.6. The van der Waals surface area contributed by atoms with Crippen LogP contribution >= 0.6 is 0 Å². The molecule has 0 aliphatic rings. The summed E-state index contributed by atoms with van der Waals surface area (Å²) in [6, 6.07) is 14.7. The first-order chi connectivity index (χ1) is 17.1. The number of aryl methyl sites for hydroxylation is 3. The third kappa shape index (κ3) is 5.72. The third-order valence-corrected chi connectivity index (χ3v) is 6.94. The minimum Gasteiger partial charge on any atom is -0.456 e. The largest absolute Gasteiger partial charge is 0.456 e. The van der Waals surface area contributed by atoms with E-state index in [1.54, 1.807) is 0 Å². The van der Waals surface area contributed by atoms with Crippen LogP contribution in [0.2, 0.25) is 0 Å². The molecule has 0 fully saturated rings. The third-order valence-electron chi connectivity index (χ3n) is 6.94. The van der Waals surface area contributed by atoms with E-state index in [4.69, 9.17) is 8.94 Å².